The van der Waals surface area contributed by atoms with E-state index in [4.69, 9.17) is 10.5 Å². The van der Waals surface area contributed by atoms with E-state index in [2.05, 4.69) is 5.10 Å². The van der Waals surface area contributed by atoms with Crippen LogP contribution < -0.4 is 10.5 Å². The Labute approximate surface area is 116 Å². The third-order valence-electron chi connectivity index (χ3n) is 2.93. The molecule has 2 N–H and O–H groups in total. The first-order valence-electron chi connectivity index (χ1n) is 6.24. The van der Waals surface area contributed by atoms with Crippen molar-refractivity contribution in [3.8, 4) is 11.6 Å². The molecule has 0 saturated heterocycles. The fraction of sp³-hybridized carbons (Fsp3) is 0.308. The Bertz CT molecular complexity index is 619. The number of hydrogen-bond acceptors (Lipinski definition) is 5. The lowest BCUT2D eigenvalue weighted by atomic mass is 10.2. The van der Waals surface area contributed by atoms with Crippen molar-refractivity contribution in [1.29, 1.82) is 0 Å². The quantitative estimate of drug-likeness (QED) is 0.666. The Kier molecular flexibility index (Phi) is 3.99. The third-order valence-corrected chi connectivity index (χ3v) is 2.93. The summed E-state index contributed by atoms with van der Waals surface area (Å²) in [5.41, 5.74) is 6.80. The lowest BCUT2D eigenvalue weighted by molar-refractivity contribution is -0.386. The molecule has 2 aromatic rings. The van der Waals surface area contributed by atoms with E-state index in [0.29, 0.717) is 24.4 Å². The van der Waals surface area contributed by atoms with E-state index >= 15 is 0 Å². The first-order chi connectivity index (χ1) is 9.56. The van der Waals surface area contributed by atoms with Gasteiger partial charge in [0.25, 0.3) is 5.88 Å². The van der Waals surface area contributed by atoms with Gasteiger partial charge in [-0.3, -0.25) is 10.1 Å². The molecule has 0 saturated carbocycles. The number of hydrogen-bond donors (Lipinski definition) is 1. The van der Waals surface area contributed by atoms with Gasteiger partial charge in [0.05, 0.1) is 4.92 Å². The summed E-state index contributed by atoms with van der Waals surface area (Å²) >= 11 is 0. The monoisotopic (exact) mass is 276 g/mol. The summed E-state index contributed by atoms with van der Waals surface area (Å²) in [5.74, 6) is 0.642. The minimum Gasteiger partial charge on any atom is -0.434 e. The van der Waals surface area contributed by atoms with Gasteiger partial charge in [0.15, 0.2) is 0 Å². The molecular weight excluding hydrogens is 260 g/mol. The first kappa shape index (κ1) is 14.0. The second-order valence-corrected chi connectivity index (χ2v) is 4.28. The molecule has 0 atom stereocenters. The van der Waals surface area contributed by atoms with E-state index < -0.39 is 4.92 Å². The van der Waals surface area contributed by atoms with Crippen LogP contribution in [0, 0.1) is 10.1 Å². The number of nitrogens with zero attached hydrogens (tertiary/aromatic N) is 3. The summed E-state index contributed by atoms with van der Waals surface area (Å²) in [5, 5.41) is 15.3. The summed E-state index contributed by atoms with van der Waals surface area (Å²) in [6, 6.07) is 7.09. The second kappa shape index (κ2) is 5.70. The van der Waals surface area contributed by atoms with Gasteiger partial charge in [-0.05, 0) is 24.1 Å². The maximum atomic E-state index is 11.2. The Hall–Kier alpha value is -2.41. The van der Waals surface area contributed by atoms with E-state index in [1.54, 1.807) is 19.2 Å². The van der Waals surface area contributed by atoms with Crippen molar-refractivity contribution in [1.82, 2.24) is 9.78 Å². The van der Waals surface area contributed by atoms with Gasteiger partial charge in [-0.15, -0.1) is 0 Å². The highest BCUT2D eigenvalue weighted by molar-refractivity contribution is 5.48. The lowest BCUT2D eigenvalue weighted by Gasteiger charge is -2.05. The first-order valence-corrected chi connectivity index (χ1v) is 6.24. The average Bonchev–Trinajstić information content (AvgIpc) is 2.76. The minimum absolute atomic E-state index is 0.0853. The van der Waals surface area contributed by atoms with E-state index in [0.717, 1.165) is 5.56 Å². The molecular formula is C13H16N4O3. The Morgan fingerprint density at radius 2 is 2.05 bits per heavy atom. The van der Waals surface area contributed by atoms with Gasteiger partial charge >= 0.3 is 5.69 Å². The molecule has 0 bridgehead atoms. The number of benzene rings is 1. The molecule has 106 valence electrons. The van der Waals surface area contributed by atoms with Crippen LogP contribution in [-0.2, 0) is 20.0 Å². The summed E-state index contributed by atoms with van der Waals surface area (Å²) in [7, 11) is 1.62. The van der Waals surface area contributed by atoms with Gasteiger partial charge < -0.3 is 10.5 Å². The molecule has 0 unspecified atom stereocenters. The standard InChI is InChI=1S/C13H16N4O3/c1-3-11-12(17(18)19)13(16(2)15-11)20-10-6-4-9(8-14)5-7-10/h4-7H,3,8,14H2,1-2H3. The number of nitrogens with two attached hydrogens (primary N) is 1. The van der Waals surface area contributed by atoms with Crippen molar-refractivity contribution in [3.05, 3.63) is 45.6 Å². The van der Waals surface area contributed by atoms with Gasteiger partial charge in [0.1, 0.15) is 11.4 Å². The molecule has 0 aliphatic rings. The number of ether oxygens (including phenoxy) is 1. The molecule has 0 radical (unpaired) electrons. The number of rotatable bonds is 5. The van der Waals surface area contributed by atoms with Crippen LogP contribution in [0.1, 0.15) is 18.2 Å². The molecule has 2 rings (SSSR count). The Morgan fingerprint density at radius 3 is 2.55 bits per heavy atom. The van der Waals surface area contributed by atoms with Crippen molar-refractivity contribution in [2.75, 3.05) is 0 Å². The fourth-order valence-corrected chi connectivity index (χ4v) is 1.89. The van der Waals surface area contributed by atoms with E-state index in [-0.39, 0.29) is 11.6 Å². The zero-order valence-electron chi connectivity index (χ0n) is 11.4. The summed E-state index contributed by atoms with van der Waals surface area (Å²) in [4.78, 5) is 10.7. The van der Waals surface area contributed by atoms with Crippen LogP contribution in [0.4, 0.5) is 5.69 Å². The van der Waals surface area contributed by atoms with Crippen molar-refractivity contribution < 1.29 is 9.66 Å². The number of aromatic nitrogens is 2. The molecule has 20 heavy (non-hydrogen) atoms. The van der Waals surface area contributed by atoms with Crippen LogP contribution in [0.2, 0.25) is 0 Å². The normalized spacial score (nSPS) is 10.6. The second-order valence-electron chi connectivity index (χ2n) is 4.28. The molecule has 0 aliphatic carbocycles. The van der Waals surface area contributed by atoms with Crippen molar-refractivity contribution >= 4 is 5.69 Å². The zero-order chi connectivity index (χ0) is 14.7. The largest absolute Gasteiger partial charge is 0.434 e. The van der Waals surface area contributed by atoms with Gasteiger partial charge in [0, 0.05) is 13.6 Å². The van der Waals surface area contributed by atoms with Crippen LogP contribution in [0.15, 0.2) is 24.3 Å². The molecule has 0 amide bonds. The maximum Gasteiger partial charge on any atom is 0.353 e. The highest BCUT2D eigenvalue weighted by atomic mass is 16.6. The van der Waals surface area contributed by atoms with Crippen LogP contribution in [-0.4, -0.2) is 14.7 Å². The van der Waals surface area contributed by atoms with E-state index in [1.165, 1.54) is 4.68 Å². The predicted octanol–water partition coefficient (Wildman–Crippen LogP) is 2.14. The molecule has 1 heterocycles. The zero-order valence-corrected chi connectivity index (χ0v) is 11.4. The smallest absolute Gasteiger partial charge is 0.353 e. The Balaban J connectivity index is 2.36. The summed E-state index contributed by atoms with van der Waals surface area (Å²) in [6.07, 6.45) is 0.472. The fourth-order valence-electron chi connectivity index (χ4n) is 1.89. The molecule has 1 aromatic heterocycles. The number of nitro groups is 1. The van der Waals surface area contributed by atoms with Crippen LogP contribution in [0.25, 0.3) is 0 Å². The van der Waals surface area contributed by atoms with Crippen molar-refractivity contribution in [2.24, 2.45) is 12.8 Å². The summed E-state index contributed by atoms with van der Waals surface area (Å²) in [6.45, 7) is 2.25. The van der Waals surface area contributed by atoms with Crippen LogP contribution >= 0.6 is 0 Å². The van der Waals surface area contributed by atoms with Gasteiger partial charge in [0.2, 0.25) is 0 Å². The van der Waals surface area contributed by atoms with Crippen LogP contribution in [0.3, 0.4) is 0 Å². The van der Waals surface area contributed by atoms with Crippen molar-refractivity contribution in [3.63, 3.8) is 0 Å². The predicted molar refractivity (Wildman–Crippen MR) is 73.6 cm³/mol. The summed E-state index contributed by atoms with van der Waals surface area (Å²) < 4.78 is 6.98. The van der Waals surface area contributed by atoms with Gasteiger partial charge in [-0.25, -0.2) is 4.68 Å². The topological polar surface area (TPSA) is 96.2 Å². The minimum atomic E-state index is -0.463. The van der Waals surface area contributed by atoms with Crippen LogP contribution in [0.5, 0.6) is 11.6 Å². The SMILES string of the molecule is CCc1nn(C)c(Oc2ccc(CN)cc2)c1[N+](=O)[O-]. The third kappa shape index (κ3) is 2.62. The molecule has 1 aromatic carbocycles. The molecule has 0 spiro atoms. The van der Waals surface area contributed by atoms with Gasteiger partial charge in [-0.2, -0.15) is 5.10 Å². The highest BCUT2D eigenvalue weighted by Gasteiger charge is 2.27. The van der Waals surface area contributed by atoms with Crippen molar-refractivity contribution in [2.45, 2.75) is 19.9 Å². The Morgan fingerprint density at radius 1 is 1.40 bits per heavy atom. The maximum absolute atomic E-state index is 11.2. The molecule has 7 nitrogen and oxygen atoms in total. The lowest BCUT2D eigenvalue weighted by Crippen LogP contribution is -1.98. The molecule has 7 heteroatoms. The number of aryl methyl sites for hydroxylation is 2. The van der Waals surface area contributed by atoms with E-state index in [1.807, 2.05) is 19.1 Å². The highest BCUT2D eigenvalue weighted by Crippen LogP contribution is 2.34. The van der Waals surface area contributed by atoms with Gasteiger partial charge in [-0.1, -0.05) is 19.1 Å². The molecule has 0 aliphatic heterocycles. The molecule has 0 fully saturated rings. The van der Waals surface area contributed by atoms with E-state index in [9.17, 15) is 10.1 Å². The average molecular weight is 276 g/mol.